The van der Waals surface area contributed by atoms with E-state index in [9.17, 15) is 4.79 Å². The molecule has 1 aliphatic heterocycles. The second-order valence-electron chi connectivity index (χ2n) is 6.29. The van der Waals surface area contributed by atoms with Crippen LogP contribution in [-0.4, -0.2) is 46.1 Å². The van der Waals surface area contributed by atoms with Gasteiger partial charge in [-0.2, -0.15) is 5.26 Å². The molecule has 1 amide bonds. The lowest BCUT2D eigenvalue weighted by atomic mass is 10.2. The minimum atomic E-state index is -0.203. The number of amides is 1. The lowest BCUT2D eigenvalue weighted by Crippen LogP contribution is -2.31. The maximum Gasteiger partial charge on any atom is 0.253 e. The van der Waals surface area contributed by atoms with Crippen LogP contribution in [0.15, 0.2) is 36.7 Å². The summed E-state index contributed by atoms with van der Waals surface area (Å²) in [5.74, 6) is 0.905. The average molecular weight is 352 g/mol. The fraction of sp³-hybridized carbons (Fsp3) is 0.368. The topological polar surface area (TPSA) is 88.3 Å². The monoisotopic (exact) mass is 352 g/mol. The second kappa shape index (κ2) is 7.83. The van der Waals surface area contributed by atoms with Gasteiger partial charge in [0.2, 0.25) is 5.69 Å². The Balaban J connectivity index is 1.61. The highest BCUT2D eigenvalue weighted by Crippen LogP contribution is 2.21. The summed E-state index contributed by atoms with van der Waals surface area (Å²) in [5, 5.41) is 9.05. The van der Waals surface area contributed by atoms with Crippen LogP contribution in [0.1, 0.15) is 36.3 Å². The van der Waals surface area contributed by atoms with E-state index < -0.39 is 0 Å². The Morgan fingerprint density at radius 1 is 1.27 bits per heavy atom. The number of carbonyl (C=O) groups excluding carboxylic acids is 1. The number of benzene rings is 1. The number of rotatable bonds is 5. The summed E-state index contributed by atoms with van der Waals surface area (Å²) in [6, 6.07) is 9.10. The molecule has 0 radical (unpaired) electrons. The van der Waals surface area contributed by atoms with Crippen molar-refractivity contribution in [1.82, 2.24) is 14.9 Å². The van der Waals surface area contributed by atoms with Crippen molar-refractivity contribution in [2.24, 2.45) is 0 Å². The van der Waals surface area contributed by atoms with E-state index in [4.69, 9.17) is 14.7 Å². The predicted molar refractivity (Wildman–Crippen MR) is 93.9 cm³/mol. The molecule has 26 heavy (non-hydrogen) atoms. The molecule has 0 N–H and O–H groups in total. The first kappa shape index (κ1) is 17.7. The van der Waals surface area contributed by atoms with E-state index in [1.165, 1.54) is 12.4 Å². The minimum Gasteiger partial charge on any atom is -0.491 e. The standard InChI is InChI=1S/C19H20N4O3/c1-13(2)25-15-5-3-14(4-6-15)19(24)23-10-7-16(12-23)26-18-17(11-20)21-8-9-22-18/h3-6,8-9,13,16H,7,10,12H2,1-2H3. The Morgan fingerprint density at radius 3 is 2.69 bits per heavy atom. The molecule has 2 aromatic rings. The number of hydrogen-bond acceptors (Lipinski definition) is 6. The van der Waals surface area contributed by atoms with Crippen molar-refractivity contribution in [3.05, 3.63) is 47.9 Å². The fourth-order valence-corrected chi connectivity index (χ4v) is 2.79. The summed E-state index contributed by atoms with van der Waals surface area (Å²) in [7, 11) is 0. The molecule has 1 saturated heterocycles. The number of nitrogens with zero attached hydrogens (tertiary/aromatic N) is 4. The van der Waals surface area contributed by atoms with E-state index in [2.05, 4.69) is 9.97 Å². The molecule has 0 bridgehead atoms. The highest BCUT2D eigenvalue weighted by molar-refractivity contribution is 5.94. The average Bonchev–Trinajstić information content (AvgIpc) is 3.10. The molecule has 1 aromatic carbocycles. The van der Waals surface area contributed by atoms with Gasteiger partial charge in [0.25, 0.3) is 11.8 Å². The normalized spacial score (nSPS) is 16.4. The summed E-state index contributed by atoms with van der Waals surface area (Å²) < 4.78 is 11.4. The summed E-state index contributed by atoms with van der Waals surface area (Å²) >= 11 is 0. The SMILES string of the molecule is CC(C)Oc1ccc(C(=O)N2CCC(Oc3nccnc3C#N)C2)cc1. The molecule has 3 rings (SSSR count). The van der Waals surface area contributed by atoms with Gasteiger partial charge < -0.3 is 14.4 Å². The third-order valence-electron chi connectivity index (χ3n) is 3.95. The molecule has 7 nitrogen and oxygen atoms in total. The van der Waals surface area contributed by atoms with Gasteiger partial charge >= 0.3 is 0 Å². The Kier molecular flexibility index (Phi) is 5.32. The predicted octanol–water partition coefficient (Wildman–Crippen LogP) is 2.43. The van der Waals surface area contributed by atoms with Gasteiger partial charge in [-0.15, -0.1) is 0 Å². The van der Waals surface area contributed by atoms with Gasteiger partial charge in [0.15, 0.2) is 0 Å². The Labute approximate surface area is 152 Å². The Hall–Kier alpha value is -3.14. The highest BCUT2D eigenvalue weighted by atomic mass is 16.5. The molecule has 0 saturated carbocycles. The van der Waals surface area contributed by atoms with Crippen molar-refractivity contribution < 1.29 is 14.3 Å². The van der Waals surface area contributed by atoms with Gasteiger partial charge in [-0.25, -0.2) is 9.97 Å². The van der Waals surface area contributed by atoms with Crippen LogP contribution in [0.25, 0.3) is 0 Å². The maximum atomic E-state index is 12.7. The van der Waals surface area contributed by atoms with Gasteiger partial charge in [0.05, 0.1) is 12.6 Å². The van der Waals surface area contributed by atoms with Gasteiger partial charge in [-0.3, -0.25) is 4.79 Å². The molecule has 0 spiro atoms. The van der Waals surface area contributed by atoms with Gasteiger partial charge in [0.1, 0.15) is 17.9 Å². The first-order chi connectivity index (χ1) is 12.6. The van der Waals surface area contributed by atoms with Crippen LogP contribution >= 0.6 is 0 Å². The number of carbonyl (C=O) groups is 1. The summed E-state index contributed by atoms with van der Waals surface area (Å²) in [5.41, 5.74) is 0.761. The molecule has 7 heteroatoms. The third kappa shape index (κ3) is 4.09. The van der Waals surface area contributed by atoms with E-state index in [0.29, 0.717) is 25.1 Å². The van der Waals surface area contributed by atoms with Crippen molar-refractivity contribution >= 4 is 5.91 Å². The lowest BCUT2D eigenvalue weighted by Gasteiger charge is -2.17. The highest BCUT2D eigenvalue weighted by Gasteiger charge is 2.29. The van der Waals surface area contributed by atoms with E-state index >= 15 is 0 Å². The number of nitriles is 1. The zero-order valence-electron chi connectivity index (χ0n) is 14.8. The Bertz CT molecular complexity index is 814. The second-order valence-corrected chi connectivity index (χ2v) is 6.29. The molecule has 134 valence electrons. The summed E-state index contributed by atoms with van der Waals surface area (Å²) in [6.07, 6.45) is 3.50. The number of ether oxygens (including phenoxy) is 2. The third-order valence-corrected chi connectivity index (χ3v) is 3.95. The van der Waals surface area contributed by atoms with Crippen molar-refractivity contribution in [2.75, 3.05) is 13.1 Å². The molecule has 0 aliphatic carbocycles. The van der Waals surface area contributed by atoms with Crippen LogP contribution in [-0.2, 0) is 0 Å². The van der Waals surface area contributed by atoms with Gasteiger partial charge in [-0.05, 0) is 38.1 Å². The van der Waals surface area contributed by atoms with Crippen LogP contribution < -0.4 is 9.47 Å². The van der Waals surface area contributed by atoms with Crippen molar-refractivity contribution in [3.8, 4) is 17.7 Å². The van der Waals surface area contributed by atoms with Crippen LogP contribution in [0.5, 0.6) is 11.6 Å². The van der Waals surface area contributed by atoms with Gasteiger partial charge in [0, 0.05) is 30.9 Å². The van der Waals surface area contributed by atoms with Crippen molar-refractivity contribution in [1.29, 1.82) is 5.26 Å². The molecule has 1 unspecified atom stereocenters. The first-order valence-corrected chi connectivity index (χ1v) is 8.50. The van der Waals surface area contributed by atoms with Crippen molar-refractivity contribution in [3.63, 3.8) is 0 Å². The fourth-order valence-electron chi connectivity index (χ4n) is 2.79. The van der Waals surface area contributed by atoms with E-state index in [1.807, 2.05) is 19.9 Å². The van der Waals surface area contributed by atoms with E-state index in [0.717, 1.165) is 5.75 Å². The molecule has 1 fully saturated rings. The van der Waals surface area contributed by atoms with Crippen LogP contribution in [0.2, 0.25) is 0 Å². The molecule has 2 heterocycles. The summed E-state index contributed by atoms with van der Waals surface area (Å²) in [6.45, 7) is 4.96. The largest absolute Gasteiger partial charge is 0.491 e. The number of hydrogen-bond donors (Lipinski definition) is 0. The van der Waals surface area contributed by atoms with Crippen molar-refractivity contribution in [2.45, 2.75) is 32.5 Å². The zero-order valence-corrected chi connectivity index (χ0v) is 14.8. The molecular weight excluding hydrogens is 332 g/mol. The first-order valence-electron chi connectivity index (χ1n) is 8.50. The quantitative estimate of drug-likeness (QED) is 0.821. The zero-order chi connectivity index (χ0) is 18.5. The molecule has 1 atom stereocenters. The summed E-state index contributed by atoms with van der Waals surface area (Å²) in [4.78, 5) is 22.4. The van der Waals surface area contributed by atoms with Crippen LogP contribution in [0.3, 0.4) is 0 Å². The minimum absolute atomic E-state index is 0.0492. The Morgan fingerprint density at radius 2 is 2.00 bits per heavy atom. The number of likely N-dealkylation sites (tertiary alicyclic amines) is 1. The molecule has 1 aliphatic rings. The van der Waals surface area contributed by atoms with E-state index in [1.54, 1.807) is 29.2 Å². The van der Waals surface area contributed by atoms with E-state index in [-0.39, 0.29) is 29.7 Å². The van der Waals surface area contributed by atoms with Crippen LogP contribution in [0, 0.1) is 11.3 Å². The van der Waals surface area contributed by atoms with Gasteiger partial charge in [-0.1, -0.05) is 0 Å². The molecular formula is C19H20N4O3. The smallest absolute Gasteiger partial charge is 0.253 e. The lowest BCUT2D eigenvalue weighted by molar-refractivity contribution is 0.0771. The molecule has 1 aromatic heterocycles. The van der Waals surface area contributed by atoms with Crippen LogP contribution in [0.4, 0.5) is 0 Å². The number of aromatic nitrogens is 2. The maximum absolute atomic E-state index is 12.7.